The summed E-state index contributed by atoms with van der Waals surface area (Å²) in [5.41, 5.74) is 0.828. The van der Waals surface area contributed by atoms with Crippen LogP contribution in [0.3, 0.4) is 0 Å². The minimum atomic E-state index is -2.07. The second-order valence-corrected chi connectivity index (χ2v) is 6.35. The molecule has 2 atom stereocenters. The van der Waals surface area contributed by atoms with Crippen molar-refractivity contribution in [2.75, 3.05) is 34.0 Å². The first-order valence-electron chi connectivity index (χ1n) is 9.20. The van der Waals surface area contributed by atoms with E-state index in [1.807, 2.05) is 25.1 Å². The molecular weight excluding hydrogens is 386 g/mol. The van der Waals surface area contributed by atoms with Gasteiger partial charge in [-0.1, -0.05) is 6.07 Å². The summed E-state index contributed by atoms with van der Waals surface area (Å²) in [7, 11) is 3.19. The van der Waals surface area contributed by atoms with E-state index in [0.717, 1.165) is 24.9 Å². The number of quaternary nitrogens is 1. The van der Waals surface area contributed by atoms with Crippen molar-refractivity contribution in [3.05, 3.63) is 23.8 Å². The lowest BCUT2D eigenvalue weighted by Crippen LogP contribution is -2.90. The van der Waals surface area contributed by atoms with Crippen LogP contribution in [0.5, 0.6) is 11.5 Å². The lowest BCUT2D eigenvalue weighted by Gasteiger charge is -2.19. The van der Waals surface area contributed by atoms with Gasteiger partial charge in [0.25, 0.3) is 0 Å². The van der Waals surface area contributed by atoms with E-state index < -0.39 is 18.0 Å². The molecule has 0 saturated carbocycles. The van der Waals surface area contributed by atoms with E-state index >= 15 is 0 Å². The molecule has 1 aromatic carbocycles. The van der Waals surface area contributed by atoms with E-state index in [0.29, 0.717) is 24.7 Å². The van der Waals surface area contributed by atoms with Crippen LogP contribution >= 0.6 is 0 Å². The van der Waals surface area contributed by atoms with Gasteiger partial charge in [-0.25, -0.2) is 4.79 Å². The SMILES string of the molecule is COc1ccc(C(O)C(C)[NH2+]CCCC2OCCO2)cc1OC.O=C([O-])C(=O)O. The Morgan fingerprint density at radius 1 is 1.24 bits per heavy atom. The summed E-state index contributed by atoms with van der Waals surface area (Å²) in [4.78, 5) is 18.0. The molecule has 2 rings (SSSR count). The average Bonchev–Trinajstić information content (AvgIpc) is 3.23. The zero-order valence-corrected chi connectivity index (χ0v) is 16.8. The van der Waals surface area contributed by atoms with Crippen molar-refractivity contribution in [3.63, 3.8) is 0 Å². The standard InChI is InChI=1S/C17H27NO5.C2H2O4/c1-12(18-8-4-5-16-22-9-10-23-16)17(19)13-6-7-14(20-2)15(11-13)21-3;3-1(4)2(5)6/h6-7,11-12,16-19H,4-5,8-10H2,1-3H3;(H,3,4)(H,5,6). The third-order valence-corrected chi connectivity index (χ3v) is 4.29. The van der Waals surface area contributed by atoms with Crippen molar-refractivity contribution in [1.29, 1.82) is 0 Å². The molecule has 164 valence electrons. The van der Waals surface area contributed by atoms with Gasteiger partial charge in [0.05, 0.1) is 34.0 Å². The minimum Gasteiger partial charge on any atom is -0.539 e. The molecule has 1 fully saturated rings. The van der Waals surface area contributed by atoms with Crippen molar-refractivity contribution < 1.29 is 49.2 Å². The Bertz CT molecular complexity index is 635. The topological polar surface area (TPSA) is 151 Å². The lowest BCUT2D eigenvalue weighted by atomic mass is 10.0. The number of methoxy groups -OCH3 is 2. The maximum absolute atomic E-state index is 10.5. The van der Waals surface area contributed by atoms with Gasteiger partial charge in [0.1, 0.15) is 12.1 Å². The van der Waals surface area contributed by atoms with Crippen LogP contribution in [-0.2, 0) is 19.1 Å². The van der Waals surface area contributed by atoms with Crippen LogP contribution in [0.15, 0.2) is 18.2 Å². The summed E-state index contributed by atoms with van der Waals surface area (Å²) in [6, 6.07) is 5.57. The third-order valence-electron chi connectivity index (χ3n) is 4.29. The number of carbonyl (C=O) groups is 2. The van der Waals surface area contributed by atoms with Crippen molar-refractivity contribution in [2.24, 2.45) is 0 Å². The van der Waals surface area contributed by atoms with E-state index in [1.165, 1.54) is 0 Å². The van der Waals surface area contributed by atoms with Crippen molar-refractivity contribution >= 4 is 11.9 Å². The number of aliphatic hydroxyl groups excluding tert-OH is 1. The fourth-order valence-corrected chi connectivity index (χ4v) is 2.71. The monoisotopic (exact) mass is 415 g/mol. The molecule has 0 aromatic heterocycles. The molecule has 0 spiro atoms. The van der Waals surface area contributed by atoms with Crippen molar-refractivity contribution in [1.82, 2.24) is 0 Å². The summed E-state index contributed by atoms with van der Waals surface area (Å²) < 4.78 is 21.3. The molecule has 0 amide bonds. The summed E-state index contributed by atoms with van der Waals surface area (Å²) in [5, 5.41) is 29.0. The first-order chi connectivity index (χ1) is 13.8. The summed E-state index contributed by atoms with van der Waals surface area (Å²) in [6.07, 6.45) is 1.28. The maximum atomic E-state index is 10.5. The molecule has 2 unspecified atom stereocenters. The molecule has 0 radical (unpaired) electrons. The summed E-state index contributed by atoms with van der Waals surface area (Å²) in [6.45, 7) is 4.34. The van der Waals surface area contributed by atoms with Gasteiger partial charge < -0.3 is 44.4 Å². The van der Waals surface area contributed by atoms with Gasteiger partial charge in [-0.2, -0.15) is 0 Å². The molecule has 29 heavy (non-hydrogen) atoms. The van der Waals surface area contributed by atoms with Crippen LogP contribution in [0.4, 0.5) is 0 Å². The number of benzene rings is 1. The maximum Gasteiger partial charge on any atom is 0.351 e. The number of hydrogen-bond acceptors (Lipinski definition) is 8. The van der Waals surface area contributed by atoms with Gasteiger partial charge in [-0.15, -0.1) is 0 Å². The molecule has 1 aromatic rings. The molecule has 1 saturated heterocycles. The van der Waals surface area contributed by atoms with Gasteiger partial charge in [-0.05, 0) is 24.6 Å². The highest BCUT2D eigenvalue weighted by molar-refractivity contribution is 6.26. The van der Waals surface area contributed by atoms with Crippen LogP contribution in [0, 0.1) is 0 Å². The number of aliphatic hydroxyl groups is 1. The average molecular weight is 415 g/mol. The Hall–Kier alpha value is -2.40. The van der Waals surface area contributed by atoms with Gasteiger partial charge in [0.15, 0.2) is 23.8 Å². The second-order valence-electron chi connectivity index (χ2n) is 6.35. The minimum absolute atomic E-state index is 0.0468. The molecule has 1 aliphatic rings. The van der Waals surface area contributed by atoms with E-state index in [1.54, 1.807) is 14.2 Å². The van der Waals surface area contributed by atoms with Gasteiger partial charge in [-0.3, -0.25) is 0 Å². The first-order valence-corrected chi connectivity index (χ1v) is 9.20. The number of carboxylic acid groups (broad SMARTS) is 2. The van der Waals surface area contributed by atoms with Crippen LogP contribution < -0.4 is 19.9 Å². The Kier molecular flexibility index (Phi) is 11.0. The number of carboxylic acids is 2. The van der Waals surface area contributed by atoms with Gasteiger partial charge >= 0.3 is 5.97 Å². The molecule has 0 bridgehead atoms. The highest BCUT2D eigenvalue weighted by Gasteiger charge is 2.21. The van der Waals surface area contributed by atoms with Crippen LogP contribution in [0.2, 0.25) is 0 Å². The fourth-order valence-electron chi connectivity index (χ4n) is 2.71. The number of aliphatic carboxylic acids is 2. The van der Waals surface area contributed by atoms with E-state index in [2.05, 4.69) is 5.32 Å². The second kappa shape index (κ2) is 12.9. The highest BCUT2D eigenvalue weighted by atomic mass is 16.7. The van der Waals surface area contributed by atoms with Gasteiger partial charge in [0, 0.05) is 12.8 Å². The van der Waals surface area contributed by atoms with E-state index in [4.69, 9.17) is 38.7 Å². The van der Waals surface area contributed by atoms with Gasteiger partial charge in [0.2, 0.25) is 0 Å². The molecule has 4 N–H and O–H groups in total. The quantitative estimate of drug-likeness (QED) is 0.329. The zero-order valence-electron chi connectivity index (χ0n) is 16.8. The number of nitrogens with two attached hydrogens (primary N) is 1. The normalized spacial score (nSPS) is 15.7. The van der Waals surface area contributed by atoms with Crippen LogP contribution in [-0.4, -0.2) is 68.5 Å². The number of rotatable bonds is 9. The molecule has 10 heteroatoms. The smallest absolute Gasteiger partial charge is 0.351 e. The third kappa shape index (κ3) is 8.65. The molecular formula is C19H29NO9. The predicted octanol–water partition coefficient (Wildman–Crippen LogP) is -1.34. The van der Waals surface area contributed by atoms with Crippen molar-refractivity contribution in [3.8, 4) is 11.5 Å². The van der Waals surface area contributed by atoms with Crippen molar-refractivity contribution in [2.45, 2.75) is 38.2 Å². The Labute approximate surface area is 169 Å². The predicted molar refractivity (Wildman–Crippen MR) is 98.3 cm³/mol. The molecule has 1 aliphatic heterocycles. The molecule has 0 aliphatic carbocycles. The Balaban J connectivity index is 0.000000612. The Morgan fingerprint density at radius 3 is 2.34 bits per heavy atom. The first kappa shape index (κ1) is 24.6. The van der Waals surface area contributed by atoms with E-state index in [-0.39, 0.29) is 12.3 Å². The molecule has 10 nitrogen and oxygen atoms in total. The number of hydrogen-bond donors (Lipinski definition) is 3. The Morgan fingerprint density at radius 2 is 1.83 bits per heavy atom. The number of ether oxygens (including phenoxy) is 4. The summed E-state index contributed by atoms with van der Waals surface area (Å²) in [5.74, 6) is -2.71. The van der Waals surface area contributed by atoms with E-state index in [9.17, 15) is 5.11 Å². The fraction of sp³-hybridized carbons (Fsp3) is 0.579. The molecule has 1 heterocycles. The highest BCUT2D eigenvalue weighted by Crippen LogP contribution is 2.30. The van der Waals surface area contributed by atoms with Crippen LogP contribution in [0.25, 0.3) is 0 Å². The lowest BCUT2D eigenvalue weighted by molar-refractivity contribution is -0.694. The summed E-state index contributed by atoms with van der Waals surface area (Å²) >= 11 is 0. The van der Waals surface area contributed by atoms with Crippen LogP contribution in [0.1, 0.15) is 31.4 Å². The largest absolute Gasteiger partial charge is 0.539 e. The zero-order chi connectivity index (χ0) is 21.8. The number of carbonyl (C=O) groups excluding carboxylic acids is 1.